The first-order chi connectivity index (χ1) is 14.9. The number of nitrogens with one attached hydrogen (secondary N) is 2. The van der Waals surface area contributed by atoms with Gasteiger partial charge in [0.25, 0.3) is 10.0 Å². The Labute approximate surface area is 187 Å². The Morgan fingerprint density at radius 1 is 1.00 bits per heavy atom. The van der Waals surface area contributed by atoms with Crippen LogP contribution < -0.4 is 10.0 Å². The van der Waals surface area contributed by atoms with Crippen molar-refractivity contribution in [2.45, 2.75) is 4.90 Å². The Kier molecular flexibility index (Phi) is 5.75. The SMILES string of the molecule is N#C/C(=C/Nc1ccc(S(=O)(=O)Nc2ccc(Br)cc2)cc1)c1nc2ccccc2o1. The Hall–Kier alpha value is -3.61. The van der Waals surface area contributed by atoms with E-state index in [2.05, 4.69) is 31.0 Å². The van der Waals surface area contributed by atoms with Gasteiger partial charge in [-0.25, -0.2) is 13.4 Å². The van der Waals surface area contributed by atoms with Gasteiger partial charge in [0.15, 0.2) is 5.58 Å². The van der Waals surface area contributed by atoms with E-state index in [1.165, 1.54) is 18.3 Å². The van der Waals surface area contributed by atoms with Gasteiger partial charge in [-0.2, -0.15) is 5.26 Å². The van der Waals surface area contributed by atoms with Crippen molar-refractivity contribution in [1.29, 1.82) is 5.26 Å². The van der Waals surface area contributed by atoms with Gasteiger partial charge < -0.3 is 9.73 Å². The number of hydrogen-bond donors (Lipinski definition) is 2. The summed E-state index contributed by atoms with van der Waals surface area (Å²) in [5.74, 6) is 0.203. The molecule has 0 saturated carbocycles. The molecule has 3 aromatic carbocycles. The van der Waals surface area contributed by atoms with Crippen LogP contribution in [-0.2, 0) is 10.0 Å². The maximum absolute atomic E-state index is 12.6. The molecule has 0 bridgehead atoms. The second-order valence-corrected chi connectivity index (χ2v) is 9.04. The van der Waals surface area contributed by atoms with E-state index in [0.717, 1.165) is 4.47 Å². The Bertz CT molecular complexity index is 1370. The number of nitriles is 1. The number of nitrogens with zero attached hydrogens (tertiary/aromatic N) is 2. The lowest BCUT2D eigenvalue weighted by Crippen LogP contribution is -2.12. The number of para-hydroxylation sites is 2. The van der Waals surface area contributed by atoms with Crippen molar-refractivity contribution in [3.05, 3.63) is 89.4 Å². The quantitative estimate of drug-likeness (QED) is 0.349. The summed E-state index contributed by atoms with van der Waals surface area (Å²) in [5.41, 5.74) is 2.53. The molecule has 1 aromatic heterocycles. The molecule has 0 unspecified atom stereocenters. The monoisotopic (exact) mass is 494 g/mol. The first kappa shape index (κ1) is 20.7. The van der Waals surface area contributed by atoms with E-state index in [9.17, 15) is 13.7 Å². The zero-order chi connectivity index (χ0) is 21.8. The standard InChI is InChI=1S/C22H15BrN4O3S/c23-16-5-7-18(8-6-16)27-31(28,29)19-11-9-17(10-12-19)25-14-15(13-24)22-26-20-3-1-2-4-21(20)30-22/h1-12,14,25,27H/b15-14-. The molecule has 2 N–H and O–H groups in total. The zero-order valence-corrected chi connectivity index (χ0v) is 18.3. The van der Waals surface area contributed by atoms with Gasteiger partial charge in [-0.1, -0.05) is 28.1 Å². The maximum atomic E-state index is 12.6. The minimum absolute atomic E-state index is 0.115. The fourth-order valence-corrected chi connectivity index (χ4v) is 4.07. The molecule has 0 amide bonds. The largest absolute Gasteiger partial charge is 0.435 e. The summed E-state index contributed by atoms with van der Waals surface area (Å²) in [6, 6.07) is 22.3. The lowest BCUT2D eigenvalue weighted by atomic mass is 10.3. The third kappa shape index (κ3) is 4.77. The molecule has 4 rings (SSSR count). The highest BCUT2D eigenvalue weighted by atomic mass is 79.9. The van der Waals surface area contributed by atoms with Crippen LogP contribution in [0.4, 0.5) is 11.4 Å². The minimum Gasteiger partial charge on any atom is -0.435 e. The Morgan fingerprint density at radius 3 is 2.35 bits per heavy atom. The molecule has 31 heavy (non-hydrogen) atoms. The minimum atomic E-state index is -3.72. The number of fused-ring (bicyclic) bond motifs is 1. The van der Waals surface area contributed by atoms with Crippen molar-refractivity contribution in [2.75, 3.05) is 10.0 Å². The summed E-state index contributed by atoms with van der Waals surface area (Å²) >= 11 is 3.31. The molecule has 0 spiro atoms. The smallest absolute Gasteiger partial charge is 0.261 e. The van der Waals surface area contributed by atoms with Crippen LogP contribution in [-0.4, -0.2) is 13.4 Å². The molecular weight excluding hydrogens is 480 g/mol. The zero-order valence-electron chi connectivity index (χ0n) is 15.9. The second kappa shape index (κ2) is 8.63. The van der Waals surface area contributed by atoms with Gasteiger partial charge >= 0.3 is 0 Å². The normalized spacial score (nSPS) is 11.8. The molecular formula is C22H15BrN4O3S. The van der Waals surface area contributed by atoms with Gasteiger partial charge in [0.2, 0.25) is 5.89 Å². The second-order valence-electron chi connectivity index (χ2n) is 6.44. The predicted molar refractivity (Wildman–Crippen MR) is 123 cm³/mol. The molecule has 0 aliphatic carbocycles. The highest BCUT2D eigenvalue weighted by molar-refractivity contribution is 9.10. The van der Waals surface area contributed by atoms with Crippen molar-refractivity contribution in [3.63, 3.8) is 0 Å². The average Bonchev–Trinajstić information content (AvgIpc) is 3.20. The topological polar surface area (TPSA) is 108 Å². The summed E-state index contributed by atoms with van der Waals surface area (Å²) in [6.07, 6.45) is 1.47. The molecule has 0 radical (unpaired) electrons. The Morgan fingerprint density at radius 2 is 1.68 bits per heavy atom. The van der Waals surface area contributed by atoms with Crippen LogP contribution in [0.2, 0.25) is 0 Å². The fraction of sp³-hybridized carbons (Fsp3) is 0. The van der Waals surface area contributed by atoms with Gasteiger partial charge in [0.05, 0.1) is 4.90 Å². The van der Waals surface area contributed by atoms with Gasteiger partial charge in [0, 0.05) is 22.0 Å². The molecule has 154 valence electrons. The van der Waals surface area contributed by atoms with Crippen molar-refractivity contribution in [1.82, 2.24) is 4.98 Å². The molecule has 7 nitrogen and oxygen atoms in total. The third-order valence-corrected chi connectivity index (χ3v) is 6.21. The molecule has 9 heteroatoms. The number of hydrogen-bond acceptors (Lipinski definition) is 6. The van der Waals surface area contributed by atoms with Gasteiger partial charge in [0.1, 0.15) is 17.2 Å². The Balaban J connectivity index is 1.49. The number of rotatable bonds is 6. The third-order valence-electron chi connectivity index (χ3n) is 4.29. The number of benzene rings is 3. The predicted octanol–water partition coefficient (Wildman–Crippen LogP) is 5.37. The molecule has 0 saturated heterocycles. The molecule has 0 aliphatic heterocycles. The van der Waals surface area contributed by atoms with Crippen LogP contribution in [0.15, 0.2) is 92.8 Å². The van der Waals surface area contributed by atoms with Gasteiger partial charge in [-0.05, 0) is 60.7 Å². The number of halogens is 1. The summed E-state index contributed by atoms with van der Waals surface area (Å²) < 4.78 is 34.1. The highest BCUT2D eigenvalue weighted by Gasteiger charge is 2.14. The first-order valence-electron chi connectivity index (χ1n) is 9.06. The lowest BCUT2D eigenvalue weighted by Gasteiger charge is -2.09. The average molecular weight is 495 g/mol. The number of anilines is 2. The van der Waals surface area contributed by atoms with E-state index in [4.69, 9.17) is 4.42 Å². The van der Waals surface area contributed by atoms with Crippen molar-refractivity contribution in [3.8, 4) is 6.07 Å². The fourth-order valence-electron chi connectivity index (χ4n) is 2.75. The van der Waals surface area contributed by atoms with E-state index in [1.807, 2.05) is 18.2 Å². The lowest BCUT2D eigenvalue weighted by molar-refractivity contribution is 0.586. The van der Waals surface area contributed by atoms with Crippen LogP contribution >= 0.6 is 15.9 Å². The summed E-state index contributed by atoms with van der Waals surface area (Å²) in [5, 5.41) is 12.4. The molecule has 0 atom stereocenters. The summed E-state index contributed by atoms with van der Waals surface area (Å²) in [4.78, 5) is 4.42. The van der Waals surface area contributed by atoms with Crippen molar-refractivity contribution in [2.24, 2.45) is 0 Å². The van der Waals surface area contributed by atoms with E-state index in [-0.39, 0.29) is 16.4 Å². The number of aromatic nitrogens is 1. The summed E-state index contributed by atoms with van der Waals surface area (Å²) in [6.45, 7) is 0. The van der Waals surface area contributed by atoms with Crippen LogP contribution in [0, 0.1) is 11.3 Å². The number of allylic oxidation sites excluding steroid dienone is 1. The summed E-state index contributed by atoms with van der Waals surface area (Å²) in [7, 11) is -3.72. The van der Waals surface area contributed by atoms with Crippen molar-refractivity contribution < 1.29 is 12.8 Å². The highest BCUT2D eigenvalue weighted by Crippen LogP contribution is 2.22. The van der Waals surface area contributed by atoms with E-state index >= 15 is 0 Å². The molecule has 0 aliphatic rings. The van der Waals surface area contributed by atoms with Gasteiger partial charge in [-0.3, -0.25) is 4.72 Å². The van der Waals surface area contributed by atoms with Crippen LogP contribution in [0.3, 0.4) is 0 Å². The van der Waals surface area contributed by atoms with E-state index < -0.39 is 10.0 Å². The van der Waals surface area contributed by atoms with Crippen LogP contribution in [0.1, 0.15) is 5.89 Å². The van der Waals surface area contributed by atoms with Crippen LogP contribution in [0.5, 0.6) is 0 Å². The molecule has 4 aromatic rings. The van der Waals surface area contributed by atoms with Crippen LogP contribution in [0.25, 0.3) is 16.7 Å². The van der Waals surface area contributed by atoms with Gasteiger partial charge in [-0.15, -0.1) is 0 Å². The first-order valence-corrected chi connectivity index (χ1v) is 11.3. The van der Waals surface area contributed by atoms with E-state index in [0.29, 0.717) is 22.5 Å². The maximum Gasteiger partial charge on any atom is 0.261 e. The molecule has 0 fully saturated rings. The van der Waals surface area contributed by atoms with Crippen molar-refractivity contribution >= 4 is 54.0 Å². The number of sulfonamides is 1. The number of oxazole rings is 1. The van der Waals surface area contributed by atoms with E-state index in [1.54, 1.807) is 48.5 Å². The molecule has 1 heterocycles.